The maximum absolute atomic E-state index is 12.7. The minimum Gasteiger partial charge on any atom is -0.480 e. The van der Waals surface area contributed by atoms with E-state index in [-0.39, 0.29) is 28.1 Å². The number of amides is 1. The number of carboxylic acid groups (broad SMARTS) is 1. The summed E-state index contributed by atoms with van der Waals surface area (Å²) >= 11 is 0.685. The fourth-order valence-electron chi connectivity index (χ4n) is 1.77. The third-order valence-corrected chi connectivity index (χ3v) is 6.53. The number of nitrogens with one attached hydrogen (secondary N) is 1. The molecule has 0 aromatic carbocycles. The Morgan fingerprint density at radius 2 is 2.00 bits per heavy atom. The topological polar surface area (TPSA) is 130 Å². The SMILES string of the molecule is COC(=O)c1ccc(S(=O)(=O)N(CCNC(C)=O)C(C)C(=O)O)s1. The van der Waals surface area contributed by atoms with Crippen molar-refractivity contribution in [2.75, 3.05) is 20.2 Å². The van der Waals surface area contributed by atoms with Crippen molar-refractivity contribution in [3.05, 3.63) is 17.0 Å². The molecule has 1 aromatic rings. The average Bonchev–Trinajstić information content (AvgIpc) is 3.00. The fourth-order valence-corrected chi connectivity index (χ4v) is 4.71. The van der Waals surface area contributed by atoms with Gasteiger partial charge in [0.05, 0.1) is 7.11 Å². The van der Waals surface area contributed by atoms with E-state index in [9.17, 15) is 22.8 Å². The van der Waals surface area contributed by atoms with Gasteiger partial charge in [-0.05, 0) is 19.1 Å². The number of aliphatic carboxylic acids is 1. The van der Waals surface area contributed by atoms with E-state index in [1.54, 1.807) is 0 Å². The number of thiophene rings is 1. The zero-order chi connectivity index (χ0) is 18.5. The summed E-state index contributed by atoms with van der Waals surface area (Å²) < 4.78 is 30.5. The van der Waals surface area contributed by atoms with Gasteiger partial charge in [-0.1, -0.05) is 0 Å². The molecule has 11 heteroatoms. The first-order chi connectivity index (χ1) is 11.1. The molecule has 1 rings (SSSR count). The van der Waals surface area contributed by atoms with Crippen molar-refractivity contribution in [3.63, 3.8) is 0 Å². The van der Waals surface area contributed by atoms with Gasteiger partial charge < -0.3 is 15.2 Å². The lowest BCUT2D eigenvalue weighted by molar-refractivity contribution is -0.140. The van der Waals surface area contributed by atoms with Gasteiger partial charge in [0.15, 0.2) is 0 Å². The minimum absolute atomic E-state index is 0.0403. The lowest BCUT2D eigenvalue weighted by Crippen LogP contribution is -2.46. The molecule has 0 bridgehead atoms. The van der Waals surface area contributed by atoms with Crippen LogP contribution < -0.4 is 5.32 Å². The van der Waals surface area contributed by atoms with Crippen LogP contribution in [0.4, 0.5) is 0 Å². The number of ether oxygens (including phenoxy) is 1. The maximum Gasteiger partial charge on any atom is 0.348 e. The predicted molar refractivity (Wildman–Crippen MR) is 85.3 cm³/mol. The molecule has 0 saturated heterocycles. The van der Waals surface area contributed by atoms with Crippen molar-refractivity contribution in [2.24, 2.45) is 0 Å². The van der Waals surface area contributed by atoms with Crippen LogP contribution in [0.1, 0.15) is 23.5 Å². The first-order valence-electron chi connectivity index (χ1n) is 6.78. The van der Waals surface area contributed by atoms with E-state index in [4.69, 9.17) is 5.11 Å². The minimum atomic E-state index is -4.15. The number of carbonyl (C=O) groups excluding carboxylic acids is 2. The van der Waals surface area contributed by atoms with Gasteiger partial charge in [-0.15, -0.1) is 11.3 Å². The lowest BCUT2D eigenvalue weighted by atomic mass is 10.3. The summed E-state index contributed by atoms with van der Waals surface area (Å²) in [7, 11) is -2.98. The third kappa shape index (κ3) is 4.76. The highest BCUT2D eigenvalue weighted by Gasteiger charge is 2.34. The summed E-state index contributed by atoms with van der Waals surface area (Å²) in [6.07, 6.45) is 0. The van der Waals surface area contributed by atoms with E-state index in [0.29, 0.717) is 11.3 Å². The monoisotopic (exact) mass is 378 g/mol. The molecular weight excluding hydrogens is 360 g/mol. The van der Waals surface area contributed by atoms with Crippen molar-refractivity contribution in [2.45, 2.75) is 24.1 Å². The van der Waals surface area contributed by atoms with Crippen molar-refractivity contribution < 1.29 is 32.6 Å². The highest BCUT2D eigenvalue weighted by atomic mass is 32.2. The normalized spacial score (nSPS) is 12.7. The molecular formula is C13H18N2O7S2. The molecule has 1 unspecified atom stereocenters. The van der Waals surface area contributed by atoms with Crippen molar-refractivity contribution in [1.82, 2.24) is 9.62 Å². The number of carbonyl (C=O) groups is 3. The Hall–Kier alpha value is -1.98. The number of nitrogens with zero attached hydrogens (tertiary/aromatic N) is 1. The smallest absolute Gasteiger partial charge is 0.348 e. The summed E-state index contributed by atoms with van der Waals surface area (Å²) in [5.74, 6) is -2.37. The first kappa shape index (κ1) is 20.1. The number of carboxylic acids is 1. The van der Waals surface area contributed by atoms with Gasteiger partial charge >= 0.3 is 11.9 Å². The predicted octanol–water partition coefficient (Wildman–Crippen LogP) is 0.135. The number of esters is 1. The van der Waals surface area contributed by atoms with Gasteiger partial charge in [-0.2, -0.15) is 4.31 Å². The molecule has 0 aliphatic rings. The second-order valence-corrected chi connectivity index (χ2v) is 7.92. The van der Waals surface area contributed by atoms with Gasteiger partial charge in [-0.3, -0.25) is 9.59 Å². The number of sulfonamides is 1. The van der Waals surface area contributed by atoms with Crippen LogP contribution >= 0.6 is 11.3 Å². The van der Waals surface area contributed by atoms with E-state index in [1.807, 2.05) is 0 Å². The lowest BCUT2D eigenvalue weighted by Gasteiger charge is -2.25. The molecule has 0 saturated carbocycles. The highest BCUT2D eigenvalue weighted by Crippen LogP contribution is 2.26. The molecule has 1 aromatic heterocycles. The van der Waals surface area contributed by atoms with Crippen molar-refractivity contribution in [1.29, 1.82) is 0 Å². The van der Waals surface area contributed by atoms with Gasteiger partial charge in [0.2, 0.25) is 5.91 Å². The van der Waals surface area contributed by atoms with Crippen LogP contribution in [0.25, 0.3) is 0 Å². The van der Waals surface area contributed by atoms with E-state index >= 15 is 0 Å². The van der Waals surface area contributed by atoms with Crippen LogP contribution in [0.15, 0.2) is 16.3 Å². The number of methoxy groups -OCH3 is 1. The Kier molecular flexibility index (Phi) is 6.87. The molecule has 134 valence electrons. The summed E-state index contributed by atoms with van der Waals surface area (Å²) in [6, 6.07) is 1.17. The van der Waals surface area contributed by atoms with Crippen LogP contribution in [0.2, 0.25) is 0 Å². The quantitative estimate of drug-likeness (QED) is 0.615. The van der Waals surface area contributed by atoms with E-state index in [0.717, 1.165) is 4.31 Å². The molecule has 2 N–H and O–H groups in total. The molecule has 0 aliphatic carbocycles. The Balaban J connectivity index is 3.13. The van der Waals surface area contributed by atoms with Gasteiger partial charge in [0.25, 0.3) is 10.0 Å². The highest BCUT2D eigenvalue weighted by molar-refractivity contribution is 7.91. The van der Waals surface area contributed by atoms with Gasteiger partial charge in [0.1, 0.15) is 15.1 Å². The van der Waals surface area contributed by atoms with Crippen LogP contribution in [0.3, 0.4) is 0 Å². The standard InChI is InChI=1S/C13H18N2O7S2/c1-8(12(17)18)15(7-6-14-9(2)16)24(20,21)11-5-4-10(23-11)13(19)22-3/h4-5,8H,6-7H2,1-3H3,(H,14,16)(H,17,18). The zero-order valence-corrected chi connectivity index (χ0v) is 14.9. The molecule has 1 atom stereocenters. The third-order valence-electron chi connectivity index (χ3n) is 3.03. The van der Waals surface area contributed by atoms with Crippen molar-refractivity contribution in [3.8, 4) is 0 Å². The largest absolute Gasteiger partial charge is 0.480 e. The molecule has 0 fully saturated rings. The number of hydrogen-bond donors (Lipinski definition) is 2. The van der Waals surface area contributed by atoms with E-state index < -0.39 is 28.0 Å². The van der Waals surface area contributed by atoms with Crippen LogP contribution in [-0.4, -0.2) is 61.9 Å². The summed E-state index contributed by atoms with van der Waals surface area (Å²) in [5, 5.41) is 11.6. The van der Waals surface area contributed by atoms with Crippen LogP contribution in [0.5, 0.6) is 0 Å². The molecule has 9 nitrogen and oxygen atoms in total. The molecule has 0 spiro atoms. The van der Waals surface area contributed by atoms with Crippen molar-refractivity contribution >= 4 is 39.2 Å². The zero-order valence-electron chi connectivity index (χ0n) is 13.3. The van der Waals surface area contributed by atoms with Gasteiger partial charge in [-0.25, -0.2) is 13.2 Å². The molecule has 1 heterocycles. The number of rotatable bonds is 8. The number of hydrogen-bond acceptors (Lipinski definition) is 7. The summed E-state index contributed by atoms with van der Waals surface area (Å²) in [5.41, 5.74) is 0. The molecule has 24 heavy (non-hydrogen) atoms. The average molecular weight is 378 g/mol. The van der Waals surface area contributed by atoms with E-state index in [1.165, 1.54) is 33.1 Å². The second-order valence-electron chi connectivity index (χ2n) is 4.72. The first-order valence-corrected chi connectivity index (χ1v) is 9.04. The fraction of sp³-hybridized carbons (Fsp3) is 0.462. The van der Waals surface area contributed by atoms with E-state index in [2.05, 4.69) is 10.1 Å². The summed E-state index contributed by atoms with van der Waals surface area (Å²) in [6.45, 7) is 2.23. The Morgan fingerprint density at radius 1 is 1.38 bits per heavy atom. The summed E-state index contributed by atoms with van der Waals surface area (Å²) in [4.78, 5) is 33.7. The van der Waals surface area contributed by atoms with Crippen LogP contribution in [0, 0.1) is 0 Å². The molecule has 1 amide bonds. The maximum atomic E-state index is 12.7. The molecule has 0 radical (unpaired) electrons. The van der Waals surface area contributed by atoms with Crippen LogP contribution in [-0.2, 0) is 24.3 Å². The molecule has 0 aliphatic heterocycles. The Bertz CT molecular complexity index is 726. The Labute approximate surface area is 143 Å². The second kappa shape index (κ2) is 8.22. The van der Waals surface area contributed by atoms with Gasteiger partial charge in [0, 0.05) is 20.0 Å². The Morgan fingerprint density at radius 3 is 2.50 bits per heavy atom.